The summed E-state index contributed by atoms with van der Waals surface area (Å²) in [6, 6.07) is 43.6. The minimum Gasteiger partial charge on any atom is -1.00 e. The van der Waals surface area contributed by atoms with Crippen LogP contribution in [0.5, 0.6) is 0 Å². The first-order chi connectivity index (χ1) is 25.4. The van der Waals surface area contributed by atoms with Crippen molar-refractivity contribution in [3.63, 3.8) is 0 Å². The molecule has 56 heavy (non-hydrogen) atoms. The monoisotopic (exact) mass is 830 g/mol. The Bertz CT molecular complexity index is 2370. The maximum absolute atomic E-state index is 5.41. The quantitative estimate of drug-likeness (QED) is 0.267. The van der Waals surface area contributed by atoms with E-state index >= 15 is 0 Å². The van der Waals surface area contributed by atoms with Crippen molar-refractivity contribution in [2.45, 2.75) is 27.7 Å². The van der Waals surface area contributed by atoms with Crippen LogP contribution in [0.25, 0.3) is 90.9 Å². The van der Waals surface area contributed by atoms with E-state index in [1.807, 2.05) is 0 Å². The van der Waals surface area contributed by atoms with Crippen LogP contribution in [-0.4, -0.2) is 19.9 Å². The summed E-state index contributed by atoms with van der Waals surface area (Å²) in [5.41, 5.74) is 21.1. The maximum Gasteiger partial charge on any atom is 3.00 e. The van der Waals surface area contributed by atoms with E-state index in [2.05, 4.69) is 183 Å². The number of H-pyrrole nitrogens is 2. The third-order valence-corrected chi connectivity index (χ3v) is 10.1. The van der Waals surface area contributed by atoms with Gasteiger partial charge in [-0.15, -0.1) is 0 Å². The fourth-order valence-electron chi connectivity index (χ4n) is 7.30. The van der Waals surface area contributed by atoms with E-state index in [0.717, 1.165) is 89.4 Å². The first-order valence-corrected chi connectivity index (χ1v) is 17.8. The Kier molecular flexibility index (Phi) is 13.0. The minimum atomic E-state index is 0. The zero-order valence-corrected chi connectivity index (χ0v) is 34.7. The van der Waals surface area contributed by atoms with Crippen molar-refractivity contribution in [3.05, 3.63) is 166 Å². The Morgan fingerprint density at radius 1 is 0.304 bits per heavy atom. The van der Waals surface area contributed by atoms with Crippen LogP contribution in [0.1, 0.15) is 45.0 Å². The van der Waals surface area contributed by atoms with Gasteiger partial charge in [-0.05, 0) is 98.5 Å². The van der Waals surface area contributed by atoms with E-state index in [-0.39, 0.29) is 54.3 Å². The van der Waals surface area contributed by atoms with Gasteiger partial charge in [0.1, 0.15) is 0 Å². The summed E-state index contributed by atoms with van der Waals surface area (Å²) in [5.74, 6) is 0. The van der Waals surface area contributed by atoms with Crippen LogP contribution in [0, 0.1) is 27.7 Å². The van der Waals surface area contributed by atoms with Gasteiger partial charge in [0.15, 0.2) is 0 Å². The predicted octanol–water partition coefficient (Wildman–Crippen LogP) is 3.57. The molecule has 0 saturated carbocycles. The van der Waals surface area contributed by atoms with Gasteiger partial charge >= 0.3 is 17.1 Å². The molecule has 2 N–H and O–H groups in total. The zero-order valence-electron chi connectivity index (χ0n) is 31.3. The van der Waals surface area contributed by atoms with E-state index in [0.29, 0.717) is 0 Å². The van der Waals surface area contributed by atoms with Gasteiger partial charge in [-0.25, -0.2) is 9.97 Å². The van der Waals surface area contributed by atoms with Crippen LogP contribution in [0.2, 0.25) is 0 Å². The fourth-order valence-corrected chi connectivity index (χ4v) is 7.30. The first-order valence-electron chi connectivity index (χ1n) is 17.8. The number of hydrogen-bond donors (Lipinski definition) is 2. The van der Waals surface area contributed by atoms with Gasteiger partial charge in [-0.2, -0.15) is 0 Å². The van der Waals surface area contributed by atoms with Crippen molar-refractivity contribution in [2.75, 3.05) is 0 Å². The molecule has 0 unspecified atom stereocenters. The van der Waals surface area contributed by atoms with Crippen molar-refractivity contribution < 1.29 is 54.3 Å². The second-order valence-corrected chi connectivity index (χ2v) is 14.0. The van der Waals surface area contributed by atoms with Crippen molar-refractivity contribution in [1.29, 1.82) is 0 Å². The molecule has 4 aromatic carbocycles. The number of nitrogens with one attached hydrogen (secondary N) is 2. The normalized spacial score (nSPS) is 11.2. The molecule has 3 aromatic heterocycles. The summed E-state index contributed by atoms with van der Waals surface area (Å²) in [7, 11) is 0. The smallest absolute Gasteiger partial charge is 1.00 e. The molecule has 278 valence electrons. The van der Waals surface area contributed by atoms with Gasteiger partial charge in [-0.3, -0.25) is 0 Å². The third kappa shape index (κ3) is 7.93. The van der Waals surface area contributed by atoms with Crippen LogP contribution < -0.4 is 37.2 Å². The van der Waals surface area contributed by atoms with Crippen molar-refractivity contribution in [2.24, 2.45) is 0 Å². The topological polar surface area (TPSA) is 57.4 Å². The molecule has 8 bridgehead atoms. The molecular weight excluding hydrogens is 794 g/mol. The summed E-state index contributed by atoms with van der Waals surface area (Å²) in [4.78, 5) is 18.5. The van der Waals surface area contributed by atoms with Gasteiger partial charge in [0, 0.05) is 44.3 Å². The molecule has 0 amide bonds. The van der Waals surface area contributed by atoms with E-state index < -0.39 is 0 Å². The molecule has 2 aliphatic heterocycles. The number of hydrogen-bond acceptors (Lipinski definition) is 2. The summed E-state index contributed by atoms with van der Waals surface area (Å²) < 4.78 is 0. The Morgan fingerprint density at radius 2 is 0.500 bits per heavy atom. The van der Waals surface area contributed by atoms with Gasteiger partial charge in [0.2, 0.25) is 0 Å². The zero-order chi connectivity index (χ0) is 35.3. The number of aromatic nitrogens is 4. The molecule has 7 aromatic rings. The molecule has 0 saturated heterocycles. The second kappa shape index (κ2) is 17.3. The summed E-state index contributed by atoms with van der Waals surface area (Å²) in [6.07, 6.45) is 8.61. The van der Waals surface area contributed by atoms with Gasteiger partial charge < -0.3 is 47.2 Å². The third-order valence-electron chi connectivity index (χ3n) is 10.1. The maximum atomic E-state index is 5.41. The summed E-state index contributed by atoms with van der Waals surface area (Å²) in [6.45, 7) is 8.49. The summed E-state index contributed by atoms with van der Waals surface area (Å²) >= 11 is 0. The van der Waals surface area contributed by atoms with Gasteiger partial charge in [0.25, 0.3) is 0 Å². The number of rotatable bonds is 4. The molecule has 2 aliphatic rings. The van der Waals surface area contributed by atoms with E-state index in [9.17, 15) is 0 Å². The number of nitrogens with zero attached hydrogens (tertiary/aromatic N) is 2. The number of halogens is 3. The molecular formula is C48H38Cl3MnN4. The number of aryl methyl sites for hydroxylation is 4. The average Bonchev–Trinajstić information content (AvgIpc) is 3.99. The van der Waals surface area contributed by atoms with Gasteiger partial charge in [0.05, 0.1) is 22.8 Å². The SMILES string of the molecule is Cc1ccc(-c2c3nc(c(-c4ccc(C)cc4)c4ccc([nH]4)c(-c4ccc(C)cc4)c4nc(c(-c5ccc(C)cc5)c5ccc2[nH]5)C=C4)C=C3)cc1.[Cl-].[Cl-].[Cl-].[Mn+3]. The van der Waals surface area contributed by atoms with Crippen LogP contribution in [0.3, 0.4) is 0 Å². The molecule has 0 spiro atoms. The Labute approximate surface area is 357 Å². The molecule has 0 fully saturated rings. The molecule has 8 heteroatoms. The number of benzene rings is 4. The van der Waals surface area contributed by atoms with Gasteiger partial charge in [-0.1, -0.05) is 119 Å². The fraction of sp³-hybridized carbons (Fsp3) is 0.0833. The molecule has 5 heterocycles. The number of aromatic amines is 2. The molecule has 0 aliphatic carbocycles. The first kappa shape index (κ1) is 42.0. The van der Waals surface area contributed by atoms with E-state index in [1.165, 1.54) is 22.3 Å². The number of fused-ring (bicyclic) bond motifs is 8. The largest absolute Gasteiger partial charge is 3.00 e. The second-order valence-electron chi connectivity index (χ2n) is 14.0. The van der Waals surface area contributed by atoms with Crippen LogP contribution >= 0.6 is 0 Å². The Hall–Kier alpha value is -5.13. The predicted molar refractivity (Wildman–Crippen MR) is 220 cm³/mol. The minimum absolute atomic E-state index is 0. The molecule has 0 radical (unpaired) electrons. The van der Waals surface area contributed by atoms with Crippen molar-refractivity contribution in [3.8, 4) is 44.5 Å². The van der Waals surface area contributed by atoms with Crippen LogP contribution in [0.4, 0.5) is 0 Å². The van der Waals surface area contributed by atoms with Crippen molar-refractivity contribution in [1.82, 2.24) is 19.9 Å². The van der Waals surface area contributed by atoms with Crippen LogP contribution in [0.15, 0.2) is 121 Å². The van der Waals surface area contributed by atoms with Crippen LogP contribution in [-0.2, 0) is 17.1 Å². The van der Waals surface area contributed by atoms with E-state index in [4.69, 9.17) is 9.97 Å². The van der Waals surface area contributed by atoms with Crippen molar-refractivity contribution >= 4 is 46.4 Å². The molecule has 9 rings (SSSR count). The standard InChI is InChI=1S/C48H38N4.3ClH.Mn/c1-29-5-13-33(14-6-29)45-37-21-23-39(49-37)46(34-15-7-30(2)8-16-34)41-25-27-43(51-41)48(36-19-11-32(4)12-20-36)44-28-26-42(52-44)47(40-24-22-38(45)50-40)35-17-9-31(3)10-18-35;;;;/h5-28,49,52H,1-4H3;3*1H;/q;;;;+3/p-3. The Balaban J connectivity index is 0.00000150. The Morgan fingerprint density at radius 3 is 0.696 bits per heavy atom. The average molecular weight is 832 g/mol. The molecule has 0 atom stereocenters. The van der Waals surface area contributed by atoms with E-state index in [1.54, 1.807) is 0 Å². The molecule has 4 nitrogen and oxygen atoms in total. The summed E-state index contributed by atoms with van der Waals surface area (Å²) in [5, 5.41) is 0.